The molecule has 0 unspecified atom stereocenters. The second kappa shape index (κ2) is 14.0. The lowest BCUT2D eigenvalue weighted by Gasteiger charge is -2.44. The van der Waals surface area contributed by atoms with Gasteiger partial charge in [-0.1, -0.05) is 112 Å². The first-order valence-electron chi connectivity index (χ1n) is 15.3. The number of hydrogen-bond donors (Lipinski definition) is 0. The van der Waals surface area contributed by atoms with E-state index < -0.39 is 25.3 Å². The third-order valence-corrected chi connectivity index (χ3v) is 12.7. The van der Waals surface area contributed by atoms with E-state index in [-0.39, 0.29) is 36.1 Å². The SMILES string of the molecule is CC(C)(C)C(=O)OCC[C@H](c1ccccc1)[C@@H](CO[Si](c1ccccc1)(c1ccccc1)C(C)(C)C)OC(=O)C(C)(C)C. The number of carbonyl (C=O) groups excluding carboxylic acids is 2. The van der Waals surface area contributed by atoms with Crippen LogP contribution in [0.5, 0.6) is 0 Å². The molecular formula is C37H50O5Si. The average molecular weight is 603 g/mol. The summed E-state index contributed by atoms with van der Waals surface area (Å²) in [5.41, 5.74) is -0.297. The Bertz CT molecular complexity index is 1260. The number of carbonyl (C=O) groups is 2. The number of esters is 2. The highest BCUT2D eigenvalue weighted by molar-refractivity contribution is 6.99. The van der Waals surface area contributed by atoms with E-state index in [1.807, 2.05) is 84.0 Å². The van der Waals surface area contributed by atoms with Gasteiger partial charge in [-0.2, -0.15) is 0 Å². The molecule has 5 nitrogen and oxygen atoms in total. The molecule has 0 aliphatic heterocycles. The van der Waals surface area contributed by atoms with Crippen molar-refractivity contribution in [3.63, 3.8) is 0 Å². The largest absolute Gasteiger partial charge is 0.465 e. The first-order chi connectivity index (χ1) is 20.1. The second-order valence-corrected chi connectivity index (χ2v) is 18.7. The molecule has 0 spiro atoms. The van der Waals surface area contributed by atoms with Gasteiger partial charge in [0.15, 0.2) is 0 Å². The molecule has 2 atom stereocenters. The van der Waals surface area contributed by atoms with Crippen molar-refractivity contribution < 1.29 is 23.5 Å². The van der Waals surface area contributed by atoms with Crippen molar-refractivity contribution in [2.24, 2.45) is 10.8 Å². The summed E-state index contributed by atoms with van der Waals surface area (Å²) in [6.45, 7) is 18.2. The maximum Gasteiger partial charge on any atom is 0.311 e. The lowest BCUT2D eigenvalue weighted by molar-refractivity contribution is -0.163. The van der Waals surface area contributed by atoms with Crippen LogP contribution in [0.1, 0.15) is 80.2 Å². The van der Waals surface area contributed by atoms with Gasteiger partial charge in [-0.25, -0.2) is 0 Å². The van der Waals surface area contributed by atoms with Crippen LogP contribution in [0.2, 0.25) is 5.04 Å². The standard InChI is InChI=1S/C37H50O5Si/c1-35(2,3)33(38)40-26-25-31(28-19-13-10-14-20-28)32(42-34(39)36(4,5)6)27-41-43(37(7,8)9,29-21-15-11-16-22-29)30-23-17-12-18-24-30/h10-24,31-32H,25-27H2,1-9H3/t31-,32-/m1/s1. The van der Waals surface area contributed by atoms with Gasteiger partial charge in [0, 0.05) is 5.92 Å². The number of hydrogen-bond acceptors (Lipinski definition) is 5. The van der Waals surface area contributed by atoms with E-state index in [9.17, 15) is 9.59 Å². The van der Waals surface area contributed by atoms with Crippen molar-refractivity contribution in [2.75, 3.05) is 13.2 Å². The maximum atomic E-state index is 13.4. The fraction of sp³-hybridized carbons (Fsp3) is 0.459. The van der Waals surface area contributed by atoms with Crippen LogP contribution < -0.4 is 10.4 Å². The van der Waals surface area contributed by atoms with Gasteiger partial charge in [-0.15, -0.1) is 0 Å². The van der Waals surface area contributed by atoms with Gasteiger partial charge in [-0.3, -0.25) is 9.59 Å². The monoisotopic (exact) mass is 602 g/mol. The van der Waals surface area contributed by atoms with Crippen LogP contribution in [0.3, 0.4) is 0 Å². The average Bonchev–Trinajstić information content (AvgIpc) is 2.95. The molecule has 0 N–H and O–H groups in total. The van der Waals surface area contributed by atoms with E-state index in [1.54, 1.807) is 0 Å². The van der Waals surface area contributed by atoms with E-state index in [1.165, 1.54) is 0 Å². The molecule has 0 aromatic heterocycles. The highest BCUT2D eigenvalue weighted by atomic mass is 28.4. The minimum Gasteiger partial charge on any atom is -0.465 e. The topological polar surface area (TPSA) is 61.8 Å². The minimum atomic E-state index is -2.91. The van der Waals surface area contributed by atoms with E-state index in [4.69, 9.17) is 13.9 Å². The zero-order valence-corrected chi connectivity index (χ0v) is 28.5. The zero-order chi connectivity index (χ0) is 31.9. The highest BCUT2D eigenvalue weighted by Gasteiger charge is 2.51. The third kappa shape index (κ3) is 8.67. The summed E-state index contributed by atoms with van der Waals surface area (Å²) in [5.74, 6) is -0.805. The number of rotatable bonds is 11. The first-order valence-corrected chi connectivity index (χ1v) is 17.2. The Morgan fingerprint density at radius 1 is 0.651 bits per heavy atom. The zero-order valence-electron chi connectivity index (χ0n) is 27.5. The molecule has 0 aliphatic carbocycles. The van der Waals surface area contributed by atoms with E-state index in [2.05, 4.69) is 69.3 Å². The van der Waals surface area contributed by atoms with Gasteiger partial charge >= 0.3 is 11.9 Å². The Labute approximate surface area is 260 Å². The summed E-state index contributed by atoms with van der Waals surface area (Å²) in [5, 5.41) is 2.08. The Balaban J connectivity index is 2.09. The molecule has 0 saturated heterocycles. The fourth-order valence-electron chi connectivity index (χ4n) is 5.28. The second-order valence-electron chi connectivity index (χ2n) is 14.4. The molecule has 0 amide bonds. The summed E-state index contributed by atoms with van der Waals surface area (Å²) in [6, 6.07) is 30.9. The summed E-state index contributed by atoms with van der Waals surface area (Å²) >= 11 is 0. The molecule has 0 bridgehead atoms. The summed E-state index contributed by atoms with van der Waals surface area (Å²) < 4.78 is 19.3. The van der Waals surface area contributed by atoms with Crippen LogP contribution in [0, 0.1) is 10.8 Å². The molecular weight excluding hydrogens is 552 g/mol. The smallest absolute Gasteiger partial charge is 0.311 e. The van der Waals surface area contributed by atoms with E-state index in [0.717, 1.165) is 15.9 Å². The highest BCUT2D eigenvalue weighted by Crippen LogP contribution is 2.38. The lowest BCUT2D eigenvalue weighted by Crippen LogP contribution is -2.67. The molecule has 0 fully saturated rings. The van der Waals surface area contributed by atoms with Crippen LogP contribution >= 0.6 is 0 Å². The van der Waals surface area contributed by atoms with Crippen molar-refractivity contribution >= 4 is 30.6 Å². The molecule has 6 heteroatoms. The predicted molar refractivity (Wildman–Crippen MR) is 177 cm³/mol. The van der Waals surface area contributed by atoms with Crippen molar-refractivity contribution in [1.29, 1.82) is 0 Å². The predicted octanol–water partition coefficient (Wildman–Crippen LogP) is 7.28. The normalized spacial score (nSPS) is 14.1. The van der Waals surface area contributed by atoms with Crippen LogP contribution in [0.15, 0.2) is 91.0 Å². The first kappa shape index (κ1) is 34.3. The number of ether oxygens (including phenoxy) is 2. The van der Waals surface area contributed by atoms with Gasteiger partial charge in [0.2, 0.25) is 0 Å². The van der Waals surface area contributed by atoms with Crippen molar-refractivity contribution in [1.82, 2.24) is 0 Å². The van der Waals surface area contributed by atoms with E-state index in [0.29, 0.717) is 6.42 Å². The summed E-state index contributed by atoms with van der Waals surface area (Å²) in [6.07, 6.45) is -0.123. The maximum absolute atomic E-state index is 13.4. The molecule has 3 rings (SSSR count). The molecule has 0 aliphatic rings. The molecule has 3 aromatic rings. The fourth-order valence-corrected chi connectivity index (χ4v) is 9.85. The van der Waals surface area contributed by atoms with Crippen LogP contribution in [0.4, 0.5) is 0 Å². The van der Waals surface area contributed by atoms with Gasteiger partial charge in [0.25, 0.3) is 8.32 Å². The van der Waals surface area contributed by atoms with Crippen LogP contribution in [-0.4, -0.2) is 39.6 Å². The van der Waals surface area contributed by atoms with Crippen molar-refractivity contribution in [3.05, 3.63) is 96.6 Å². The summed E-state index contributed by atoms with van der Waals surface area (Å²) in [7, 11) is -2.91. The summed E-state index contributed by atoms with van der Waals surface area (Å²) in [4.78, 5) is 26.1. The quantitative estimate of drug-likeness (QED) is 0.170. The molecule has 0 radical (unpaired) electrons. The molecule has 3 aromatic carbocycles. The lowest BCUT2D eigenvalue weighted by atomic mass is 9.90. The third-order valence-electron chi connectivity index (χ3n) is 7.70. The molecule has 0 saturated carbocycles. The van der Waals surface area contributed by atoms with Gasteiger partial charge < -0.3 is 13.9 Å². The minimum absolute atomic E-state index is 0.196. The Kier molecular flexibility index (Phi) is 11.2. The molecule has 0 heterocycles. The number of benzene rings is 3. The van der Waals surface area contributed by atoms with Gasteiger partial charge in [0.05, 0.1) is 24.0 Å². The van der Waals surface area contributed by atoms with Crippen LogP contribution in [-0.2, 0) is 23.5 Å². The van der Waals surface area contributed by atoms with Crippen molar-refractivity contribution in [3.8, 4) is 0 Å². The van der Waals surface area contributed by atoms with Crippen LogP contribution in [0.25, 0.3) is 0 Å². The molecule has 232 valence electrons. The Hall–Kier alpha value is -3.22. The van der Waals surface area contributed by atoms with Crippen molar-refractivity contribution in [2.45, 2.75) is 85.8 Å². The van der Waals surface area contributed by atoms with E-state index >= 15 is 0 Å². The Morgan fingerprint density at radius 3 is 1.51 bits per heavy atom. The van der Waals surface area contributed by atoms with Gasteiger partial charge in [-0.05, 0) is 68.9 Å². The molecule has 43 heavy (non-hydrogen) atoms. The Morgan fingerprint density at radius 2 is 1.09 bits per heavy atom. The van der Waals surface area contributed by atoms with Gasteiger partial charge in [0.1, 0.15) is 6.10 Å².